The normalized spacial score (nSPS) is 15.1. The summed E-state index contributed by atoms with van der Waals surface area (Å²) in [5.74, 6) is 0. The SMILES string of the molecule is C=C(CN1N=Cc2c(n(C)c3nc(Cc4cc[nH]n4)sc23)/C1=C/CC)/N=C\SC. The summed E-state index contributed by atoms with van der Waals surface area (Å²) in [6.45, 7) is 6.74. The van der Waals surface area contributed by atoms with Crippen LogP contribution in [-0.4, -0.2) is 49.3 Å². The summed E-state index contributed by atoms with van der Waals surface area (Å²) in [4.78, 5) is 9.25. The average Bonchev–Trinajstić information content (AvgIpc) is 3.42. The van der Waals surface area contributed by atoms with E-state index in [-0.39, 0.29) is 0 Å². The van der Waals surface area contributed by atoms with Gasteiger partial charge in [-0.1, -0.05) is 19.6 Å². The lowest BCUT2D eigenvalue weighted by molar-refractivity contribution is 0.450. The van der Waals surface area contributed by atoms with E-state index in [9.17, 15) is 0 Å². The largest absolute Gasteiger partial charge is 0.326 e. The van der Waals surface area contributed by atoms with Crippen molar-refractivity contribution < 1.29 is 0 Å². The van der Waals surface area contributed by atoms with Crippen LogP contribution in [0.15, 0.2) is 40.7 Å². The molecule has 1 N–H and O–H groups in total. The number of H-pyrrole nitrogens is 1. The van der Waals surface area contributed by atoms with Gasteiger partial charge in [-0.05, 0) is 18.7 Å². The molecule has 7 nitrogen and oxygen atoms in total. The van der Waals surface area contributed by atoms with Crippen molar-refractivity contribution in [3.8, 4) is 0 Å². The minimum atomic E-state index is 0.551. The van der Waals surface area contributed by atoms with Crippen molar-refractivity contribution >= 4 is 50.9 Å². The van der Waals surface area contributed by atoms with Gasteiger partial charge >= 0.3 is 0 Å². The maximum atomic E-state index is 4.89. The highest BCUT2D eigenvalue weighted by Crippen LogP contribution is 2.37. The molecule has 1 aliphatic heterocycles. The van der Waals surface area contributed by atoms with Crippen LogP contribution in [0.5, 0.6) is 0 Å². The molecule has 9 heteroatoms. The van der Waals surface area contributed by atoms with Crippen LogP contribution in [-0.2, 0) is 13.5 Å². The van der Waals surface area contributed by atoms with E-state index < -0.39 is 0 Å². The summed E-state index contributed by atoms with van der Waals surface area (Å²) < 4.78 is 3.33. The lowest BCUT2D eigenvalue weighted by Crippen LogP contribution is -2.24. The van der Waals surface area contributed by atoms with Crippen molar-refractivity contribution in [3.63, 3.8) is 0 Å². The van der Waals surface area contributed by atoms with E-state index in [1.54, 1.807) is 28.6 Å². The van der Waals surface area contributed by atoms with Gasteiger partial charge in [0, 0.05) is 25.2 Å². The number of aromatic nitrogens is 4. The molecule has 150 valence electrons. The Bertz CT molecular complexity index is 1120. The highest BCUT2D eigenvalue weighted by Gasteiger charge is 2.27. The molecule has 4 rings (SSSR count). The fourth-order valence-electron chi connectivity index (χ4n) is 3.38. The molecule has 0 bridgehead atoms. The number of allylic oxidation sites excluding steroid dienone is 1. The predicted molar refractivity (Wildman–Crippen MR) is 124 cm³/mol. The summed E-state index contributed by atoms with van der Waals surface area (Å²) in [5, 5.41) is 14.8. The van der Waals surface area contributed by atoms with Crippen molar-refractivity contribution in [3.05, 3.63) is 52.6 Å². The molecule has 29 heavy (non-hydrogen) atoms. The number of fused-ring (bicyclic) bond motifs is 3. The molecule has 0 saturated heterocycles. The standard InChI is InChI=1S/C20H23N7S2/c1-5-6-16-18-15(10-23-27(16)11-13(2)21-12-28-4)19-20(26(18)3)24-17(29-19)9-14-7-8-22-25-14/h6-8,10,12H,2,5,9,11H2,1,3-4H3,(H,22,25)/b16-6-,21-12-. The Morgan fingerprint density at radius 2 is 2.31 bits per heavy atom. The zero-order chi connectivity index (χ0) is 20.4. The summed E-state index contributed by atoms with van der Waals surface area (Å²) >= 11 is 3.27. The smallest absolute Gasteiger partial charge is 0.152 e. The fraction of sp³-hybridized carbons (Fsp3) is 0.300. The second kappa shape index (κ2) is 8.38. The first-order valence-electron chi connectivity index (χ1n) is 9.34. The quantitative estimate of drug-likeness (QED) is 0.453. The monoisotopic (exact) mass is 425 g/mol. The lowest BCUT2D eigenvalue weighted by atomic mass is 10.1. The van der Waals surface area contributed by atoms with E-state index in [0.717, 1.165) is 56.5 Å². The zero-order valence-corrected chi connectivity index (χ0v) is 18.3. The second-order valence-corrected chi connectivity index (χ2v) is 8.43. The molecular weight excluding hydrogens is 402 g/mol. The van der Waals surface area contributed by atoms with Gasteiger partial charge < -0.3 is 4.57 Å². The van der Waals surface area contributed by atoms with Crippen LogP contribution in [0.2, 0.25) is 0 Å². The van der Waals surface area contributed by atoms with Crippen molar-refractivity contribution in [1.82, 2.24) is 24.8 Å². The predicted octanol–water partition coefficient (Wildman–Crippen LogP) is 4.25. The van der Waals surface area contributed by atoms with Gasteiger partial charge in [-0.15, -0.1) is 23.1 Å². The van der Waals surface area contributed by atoms with Crippen LogP contribution < -0.4 is 0 Å². The second-order valence-electron chi connectivity index (χ2n) is 6.66. The van der Waals surface area contributed by atoms with Gasteiger partial charge in [-0.2, -0.15) is 10.2 Å². The van der Waals surface area contributed by atoms with Gasteiger partial charge in [0.1, 0.15) is 5.01 Å². The molecule has 0 amide bonds. The fourth-order valence-corrected chi connectivity index (χ4v) is 4.75. The Morgan fingerprint density at radius 1 is 1.45 bits per heavy atom. The molecule has 0 saturated carbocycles. The van der Waals surface area contributed by atoms with Gasteiger partial charge in [-0.25, -0.2) is 4.98 Å². The highest BCUT2D eigenvalue weighted by molar-refractivity contribution is 8.11. The summed E-state index contributed by atoms with van der Waals surface area (Å²) in [6.07, 6.45) is 9.60. The van der Waals surface area contributed by atoms with Gasteiger partial charge in [0.2, 0.25) is 0 Å². The number of hydrogen-bond donors (Lipinski definition) is 1. The molecule has 0 spiro atoms. The molecule has 0 radical (unpaired) electrons. The summed E-state index contributed by atoms with van der Waals surface area (Å²) in [6, 6.07) is 1.98. The first kappa shape index (κ1) is 19.7. The minimum Gasteiger partial charge on any atom is -0.326 e. The number of thiazole rings is 1. The van der Waals surface area contributed by atoms with Crippen LogP contribution in [0.25, 0.3) is 16.0 Å². The molecule has 1 aliphatic rings. The van der Waals surface area contributed by atoms with Crippen molar-refractivity contribution in [1.29, 1.82) is 0 Å². The molecule has 4 heterocycles. The number of aromatic amines is 1. The number of nitrogens with one attached hydrogen (secondary N) is 1. The number of aryl methyl sites for hydroxylation is 1. The number of aliphatic imine (C=N–C) groups is 1. The maximum absolute atomic E-state index is 4.89. The van der Waals surface area contributed by atoms with Gasteiger partial charge in [0.05, 0.1) is 45.8 Å². The molecular formula is C20H23N7S2. The third-order valence-electron chi connectivity index (χ3n) is 4.61. The van der Waals surface area contributed by atoms with E-state index >= 15 is 0 Å². The summed E-state index contributed by atoms with van der Waals surface area (Å²) in [5.41, 5.74) is 7.90. The minimum absolute atomic E-state index is 0.551. The topological polar surface area (TPSA) is 74.5 Å². The van der Waals surface area contributed by atoms with Crippen LogP contribution in [0.4, 0.5) is 0 Å². The number of thioether (sulfide) groups is 1. The molecule has 0 unspecified atom stereocenters. The van der Waals surface area contributed by atoms with Crippen molar-refractivity contribution in [2.24, 2.45) is 17.1 Å². The number of nitrogens with zero attached hydrogens (tertiary/aromatic N) is 6. The Balaban J connectivity index is 1.70. The third-order valence-corrected chi connectivity index (χ3v) is 6.01. The molecule has 3 aromatic heterocycles. The highest BCUT2D eigenvalue weighted by atomic mass is 32.2. The maximum Gasteiger partial charge on any atom is 0.152 e. The lowest BCUT2D eigenvalue weighted by Gasteiger charge is -2.26. The van der Waals surface area contributed by atoms with Gasteiger partial charge in [0.15, 0.2) is 5.65 Å². The number of hydrazone groups is 1. The van der Waals surface area contributed by atoms with E-state index in [1.165, 1.54) is 0 Å². The molecule has 3 aromatic rings. The van der Waals surface area contributed by atoms with Gasteiger partial charge in [0.25, 0.3) is 0 Å². The Labute approximate surface area is 177 Å². The first-order chi connectivity index (χ1) is 14.1. The zero-order valence-electron chi connectivity index (χ0n) is 16.7. The van der Waals surface area contributed by atoms with E-state index in [2.05, 4.69) is 46.4 Å². The summed E-state index contributed by atoms with van der Waals surface area (Å²) in [7, 11) is 2.07. The van der Waals surface area contributed by atoms with Crippen LogP contribution in [0, 0.1) is 0 Å². The Morgan fingerprint density at radius 3 is 3.03 bits per heavy atom. The number of hydrogen-bond acceptors (Lipinski definition) is 7. The van der Waals surface area contributed by atoms with E-state index in [0.29, 0.717) is 6.54 Å². The Hall–Kier alpha value is -2.65. The van der Waals surface area contributed by atoms with E-state index in [1.807, 2.05) is 29.7 Å². The van der Waals surface area contributed by atoms with Crippen LogP contribution in [0.1, 0.15) is 35.3 Å². The average molecular weight is 426 g/mol. The van der Waals surface area contributed by atoms with Crippen LogP contribution >= 0.6 is 23.1 Å². The first-order valence-corrected chi connectivity index (χ1v) is 11.4. The Kier molecular flexibility index (Phi) is 5.68. The van der Waals surface area contributed by atoms with Crippen LogP contribution in [0.3, 0.4) is 0 Å². The third kappa shape index (κ3) is 3.79. The van der Waals surface area contributed by atoms with Crippen molar-refractivity contribution in [2.45, 2.75) is 19.8 Å². The molecule has 0 atom stereocenters. The van der Waals surface area contributed by atoms with Gasteiger partial charge in [-0.3, -0.25) is 15.1 Å². The molecule has 0 aliphatic carbocycles. The molecule has 0 aromatic carbocycles. The number of rotatable bonds is 7. The van der Waals surface area contributed by atoms with Crippen molar-refractivity contribution in [2.75, 3.05) is 12.8 Å². The molecule has 0 fully saturated rings. The van der Waals surface area contributed by atoms with E-state index in [4.69, 9.17) is 10.1 Å².